The van der Waals surface area contributed by atoms with Crippen LogP contribution in [0.3, 0.4) is 0 Å². The van der Waals surface area contributed by atoms with Gasteiger partial charge in [-0.2, -0.15) is 0 Å². The molecule has 5 heteroatoms. The lowest BCUT2D eigenvalue weighted by atomic mass is 9.93. The highest BCUT2D eigenvalue weighted by atomic mass is 16.5. The van der Waals surface area contributed by atoms with E-state index in [0.717, 1.165) is 65.3 Å². The lowest BCUT2D eigenvalue weighted by Crippen LogP contribution is -2.38. The summed E-state index contributed by atoms with van der Waals surface area (Å²) >= 11 is 0. The Hall–Kier alpha value is -1.43. The molecule has 0 aliphatic carbocycles. The average Bonchev–Trinajstić information content (AvgIpc) is 2.86. The molecule has 26 heavy (non-hydrogen) atoms. The molecule has 2 aliphatic rings. The van der Waals surface area contributed by atoms with E-state index in [1.54, 1.807) is 0 Å². The Balaban J connectivity index is 1.33. The summed E-state index contributed by atoms with van der Waals surface area (Å²) in [4.78, 5) is 17.1. The van der Waals surface area contributed by atoms with Crippen molar-refractivity contribution in [3.05, 3.63) is 35.9 Å². The number of hydrogen-bond acceptors (Lipinski definition) is 4. The van der Waals surface area contributed by atoms with E-state index >= 15 is 0 Å². The van der Waals surface area contributed by atoms with Crippen LogP contribution in [0.1, 0.15) is 24.8 Å². The maximum atomic E-state index is 12.3. The summed E-state index contributed by atoms with van der Waals surface area (Å²) in [7, 11) is 2.12. The van der Waals surface area contributed by atoms with Gasteiger partial charge in [-0.25, -0.2) is 0 Å². The van der Waals surface area contributed by atoms with E-state index < -0.39 is 0 Å². The van der Waals surface area contributed by atoms with Gasteiger partial charge in [-0.05, 0) is 44.5 Å². The summed E-state index contributed by atoms with van der Waals surface area (Å²) < 4.78 is 5.62. The van der Waals surface area contributed by atoms with Gasteiger partial charge in [-0.3, -0.25) is 9.69 Å². The average molecular weight is 360 g/mol. The zero-order chi connectivity index (χ0) is 18.2. The minimum Gasteiger partial charge on any atom is -0.380 e. The van der Waals surface area contributed by atoms with Crippen molar-refractivity contribution < 1.29 is 9.53 Å². The smallest absolute Gasteiger partial charge is 0.220 e. The van der Waals surface area contributed by atoms with Crippen LogP contribution in [0.4, 0.5) is 0 Å². The molecule has 1 aromatic rings. The Morgan fingerprint density at radius 3 is 2.69 bits per heavy atom. The predicted octanol–water partition coefficient (Wildman–Crippen LogP) is 1.98. The van der Waals surface area contributed by atoms with Crippen LogP contribution >= 0.6 is 0 Å². The van der Waals surface area contributed by atoms with Gasteiger partial charge in [0, 0.05) is 38.5 Å². The second-order valence-electron chi connectivity index (χ2n) is 7.92. The fraction of sp³-hybridized carbons (Fsp3) is 0.667. The molecule has 0 spiro atoms. The molecule has 2 fully saturated rings. The van der Waals surface area contributed by atoms with Crippen molar-refractivity contribution in [1.82, 2.24) is 15.1 Å². The van der Waals surface area contributed by atoms with Crippen molar-refractivity contribution >= 4 is 5.91 Å². The molecular weight excluding hydrogens is 326 g/mol. The lowest BCUT2D eigenvalue weighted by molar-refractivity contribution is -0.122. The Morgan fingerprint density at radius 1 is 1.15 bits per heavy atom. The number of carbonyl (C=O) groups is 1. The Labute approximate surface area is 157 Å². The van der Waals surface area contributed by atoms with Gasteiger partial charge >= 0.3 is 0 Å². The third-order valence-electron chi connectivity index (χ3n) is 5.56. The van der Waals surface area contributed by atoms with Crippen LogP contribution in [-0.4, -0.2) is 68.7 Å². The number of hydrogen-bond donors (Lipinski definition) is 1. The largest absolute Gasteiger partial charge is 0.380 e. The van der Waals surface area contributed by atoms with Crippen LogP contribution in [-0.2, 0) is 16.1 Å². The number of nitrogens with one attached hydrogen (secondary N) is 1. The quantitative estimate of drug-likeness (QED) is 0.844. The van der Waals surface area contributed by atoms with Crippen LogP contribution in [0.25, 0.3) is 0 Å². The minimum atomic E-state index is 0.207. The molecule has 5 nitrogen and oxygen atoms in total. The first-order chi connectivity index (χ1) is 12.7. The Kier molecular flexibility index (Phi) is 7.47. The summed E-state index contributed by atoms with van der Waals surface area (Å²) in [5, 5.41) is 3.14. The van der Waals surface area contributed by atoms with Gasteiger partial charge in [-0.1, -0.05) is 30.3 Å². The maximum absolute atomic E-state index is 12.3. The molecule has 1 N–H and O–H groups in total. The molecule has 3 rings (SSSR count). The number of likely N-dealkylation sites (tertiary alicyclic amines) is 1. The molecule has 1 amide bonds. The summed E-state index contributed by atoms with van der Waals surface area (Å²) in [6.45, 7) is 7.46. The van der Waals surface area contributed by atoms with E-state index in [9.17, 15) is 4.79 Å². The van der Waals surface area contributed by atoms with E-state index in [2.05, 4.69) is 52.5 Å². The van der Waals surface area contributed by atoms with Gasteiger partial charge in [0.15, 0.2) is 0 Å². The second kappa shape index (κ2) is 10.0. The highest BCUT2D eigenvalue weighted by Crippen LogP contribution is 2.21. The van der Waals surface area contributed by atoms with Crippen molar-refractivity contribution in [3.63, 3.8) is 0 Å². The molecule has 1 aromatic carbocycles. The standard InChI is InChI=1S/C21H33N3O2/c1-23-11-12-26-17-20(15-23)14-22-21(25)13-18-7-9-24(10-8-18)16-19-5-3-2-4-6-19/h2-6,18,20H,7-17H2,1H3,(H,22,25)/t20-/m1/s1. The minimum absolute atomic E-state index is 0.207. The van der Waals surface area contributed by atoms with Crippen LogP contribution in [0.15, 0.2) is 30.3 Å². The molecular formula is C21H33N3O2. The monoisotopic (exact) mass is 359 g/mol. The van der Waals surface area contributed by atoms with Crippen molar-refractivity contribution in [2.75, 3.05) is 53.0 Å². The fourth-order valence-corrected chi connectivity index (χ4v) is 3.96. The zero-order valence-corrected chi connectivity index (χ0v) is 16.0. The van der Waals surface area contributed by atoms with Crippen LogP contribution in [0.2, 0.25) is 0 Å². The van der Waals surface area contributed by atoms with Crippen LogP contribution in [0.5, 0.6) is 0 Å². The maximum Gasteiger partial charge on any atom is 0.220 e. The number of benzene rings is 1. The molecule has 0 radical (unpaired) electrons. The summed E-state index contributed by atoms with van der Waals surface area (Å²) in [6.07, 6.45) is 2.91. The predicted molar refractivity (Wildman–Crippen MR) is 104 cm³/mol. The lowest BCUT2D eigenvalue weighted by Gasteiger charge is -2.31. The number of amides is 1. The van der Waals surface area contributed by atoms with E-state index in [-0.39, 0.29) is 5.91 Å². The van der Waals surface area contributed by atoms with E-state index in [1.807, 2.05) is 0 Å². The second-order valence-corrected chi connectivity index (χ2v) is 7.92. The zero-order valence-electron chi connectivity index (χ0n) is 16.0. The van der Waals surface area contributed by atoms with Gasteiger partial charge in [0.05, 0.1) is 13.2 Å². The molecule has 144 valence electrons. The first-order valence-corrected chi connectivity index (χ1v) is 9.98. The van der Waals surface area contributed by atoms with Crippen molar-refractivity contribution in [3.8, 4) is 0 Å². The number of nitrogens with zero attached hydrogens (tertiary/aromatic N) is 2. The van der Waals surface area contributed by atoms with Gasteiger partial charge in [0.25, 0.3) is 0 Å². The van der Waals surface area contributed by atoms with Gasteiger partial charge in [0.1, 0.15) is 0 Å². The number of piperidine rings is 1. The van der Waals surface area contributed by atoms with E-state index in [4.69, 9.17) is 4.74 Å². The van der Waals surface area contributed by atoms with Crippen molar-refractivity contribution in [2.24, 2.45) is 11.8 Å². The number of ether oxygens (including phenoxy) is 1. The highest BCUT2D eigenvalue weighted by molar-refractivity contribution is 5.76. The Morgan fingerprint density at radius 2 is 1.92 bits per heavy atom. The molecule has 0 aromatic heterocycles. The van der Waals surface area contributed by atoms with Crippen LogP contribution < -0.4 is 5.32 Å². The van der Waals surface area contributed by atoms with Gasteiger partial charge < -0.3 is 15.0 Å². The number of rotatable bonds is 6. The SMILES string of the molecule is CN1CCOC[C@H](CNC(=O)CC2CCN(Cc3ccccc3)CC2)C1. The normalized spacial score (nSPS) is 23.5. The Bertz CT molecular complexity index is 543. The number of likely N-dealkylation sites (N-methyl/N-ethyl adjacent to an activating group) is 1. The highest BCUT2D eigenvalue weighted by Gasteiger charge is 2.22. The molecule has 0 unspecified atom stereocenters. The molecule has 1 atom stereocenters. The molecule has 2 saturated heterocycles. The molecule has 2 heterocycles. The molecule has 0 saturated carbocycles. The molecule has 0 bridgehead atoms. The van der Waals surface area contributed by atoms with Crippen LogP contribution in [0, 0.1) is 11.8 Å². The first-order valence-electron chi connectivity index (χ1n) is 9.98. The number of carbonyl (C=O) groups excluding carboxylic acids is 1. The summed E-state index contributed by atoms with van der Waals surface area (Å²) in [6, 6.07) is 10.6. The van der Waals surface area contributed by atoms with E-state index in [0.29, 0.717) is 18.3 Å². The fourth-order valence-electron chi connectivity index (χ4n) is 3.96. The third kappa shape index (κ3) is 6.38. The summed E-state index contributed by atoms with van der Waals surface area (Å²) in [5.41, 5.74) is 1.37. The summed E-state index contributed by atoms with van der Waals surface area (Å²) in [5.74, 6) is 1.13. The first kappa shape index (κ1) is 19.3. The van der Waals surface area contributed by atoms with Gasteiger partial charge in [-0.15, -0.1) is 0 Å². The van der Waals surface area contributed by atoms with E-state index in [1.165, 1.54) is 5.56 Å². The van der Waals surface area contributed by atoms with Crippen molar-refractivity contribution in [2.45, 2.75) is 25.8 Å². The van der Waals surface area contributed by atoms with Gasteiger partial charge in [0.2, 0.25) is 5.91 Å². The topological polar surface area (TPSA) is 44.8 Å². The van der Waals surface area contributed by atoms with Crippen molar-refractivity contribution in [1.29, 1.82) is 0 Å². The molecule has 2 aliphatic heterocycles. The third-order valence-corrected chi connectivity index (χ3v) is 5.56.